The highest BCUT2D eigenvalue weighted by atomic mass is 16.5. The van der Waals surface area contributed by atoms with Crippen molar-refractivity contribution in [3.05, 3.63) is 30.3 Å². The third-order valence-corrected chi connectivity index (χ3v) is 3.75. The number of guanidine groups is 1. The SMILES string of the molecule is CN=C(NCCCOc1ccccc1)N(C)CC1CCOC1. The van der Waals surface area contributed by atoms with Gasteiger partial charge in [0.25, 0.3) is 0 Å². The summed E-state index contributed by atoms with van der Waals surface area (Å²) in [7, 11) is 3.90. The molecule has 0 bridgehead atoms. The van der Waals surface area contributed by atoms with Gasteiger partial charge in [0.2, 0.25) is 0 Å². The van der Waals surface area contributed by atoms with E-state index in [0.717, 1.165) is 50.9 Å². The van der Waals surface area contributed by atoms with Crippen molar-refractivity contribution in [2.24, 2.45) is 10.9 Å². The molecule has 0 aliphatic carbocycles. The molecule has 5 nitrogen and oxygen atoms in total. The largest absolute Gasteiger partial charge is 0.494 e. The third-order valence-electron chi connectivity index (χ3n) is 3.75. The van der Waals surface area contributed by atoms with E-state index in [9.17, 15) is 0 Å². The van der Waals surface area contributed by atoms with Crippen LogP contribution < -0.4 is 10.1 Å². The highest BCUT2D eigenvalue weighted by Crippen LogP contribution is 2.13. The summed E-state index contributed by atoms with van der Waals surface area (Å²) in [6.45, 7) is 4.30. The standard InChI is InChI=1S/C17H27N3O2/c1-18-17(20(2)13-15-9-12-21-14-15)19-10-6-11-22-16-7-4-3-5-8-16/h3-5,7-8,15H,6,9-14H2,1-2H3,(H,18,19). The minimum absolute atomic E-state index is 0.616. The van der Waals surface area contributed by atoms with Gasteiger partial charge >= 0.3 is 0 Å². The van der Waals surface area contributed by atoms with Crippen LogP contribution in [0.2, 0.25) is 0 Å². The summed E-state index contributed by atoms with van der Waals surface area (Å²) < 4.78 is 11.1. The third kappa shape index (κ3) is 5.56. The van der Waals surface area contributed by atoms with Crippen LogP contribution in [-0.4, -0.2) is 57.9 Å². The first-order chi connectivity index (χ1) is 10.8. The second-order valence-electron chi connectivity index (χ2n) is 5.60. The molecule has 1 N–H and O–H groups in total. The molecule has 1 heterocycles. The van der Waals surface area contributed by atoms with Gasteiger partial charge in [0, 0.05) is 39.7 Å². The molecule has 122 valence electrons. The fourth-order valence-electron chi connectivity index (χ4n) is 2.56. The Bertz CT molecular complexity index is 444. The van der Waals surface area contributed by atoms with E-state index >= 15 is 0 Å². The van der Waals surface area contributed by atoms with Gasteiger partial charge in [0.05, 0.1) is 13.2 Å². The molecule has 1 aromatic carbocycles. The predicted octanol–water partition coefficient (Wildman–Crippen LogP) is 2.00. The van der Waals surface area contributed by atoms with Crippen LogP contribution in [0.1, 0.15) is 12.8 Å². The lowest BCUT2D eigenvalue weighted by molar-refractivity contribution is 0.181. The number of hydrogen-bond acceptors (Lipinski definition) is 3. The summed E-state index contributed by atoms with van der Waals surface area (Å²) in [6.07, 6.45) is 2.08. The summed E-state index contributed by atoms with van der Waals surface area (Å²) in [5.41, 5.74) is 0. The van der Waals surface area contributed by atoms with Crippen LogP contribution in [0, 0.1) is 5.92 Å². The Balaban J connectivity index is 1.61. The first-order valence-corrected chi connectivity index (χ1v) is 7.97. The molecular weight excluding hydrogens is 278 g/mol. The van der Waals surface area contributed by atoms with Gasteiger partial charge < -0.3 is 19.7 Å². The molecule has 22 heavy (non-hydrogen) atoms. The van der Waals surface area contributed by atoms with Crippen molar-refractivity contribution in [2.75, 3.05) is 47.0 Å². The molecular formula is C17H27N3O2. The summed E-state index contributed by atoms with van der Waals surface area (Å²) in [5.74, 6) is 2.47. The summed E-state index contributed by atoms with van der Waals surface area (Å²) >= 11 is 0. The number of hydrogen-bond donors (Lipinski definition) is 1. The molecule has 1 unspecified atom stereocenters. The Kier molecular flexibility index (Phi) is 7.03. The van der Waals surface area contributed by atoms with Crippen LogP contribution in [0.15, 0.2) is 35.3 Å². The number of nitrogens with zero attached hydrogens (tertiary/aromatic N) is 2. The van der Waals surface area contributed by atoms with Gasteiger partial charge in [-0.15, -0.1) is 0 Å². The van der Waals surface area contributed by atoms with Crippen molar-refractivity contribution in [3.8, 4) is 5.75 Å². The maximum Gasteiger partial charge on any atom is 0.193 e. The minimum atomic E-state index is 0.616. The lowest BCUT2D eigenvalue weighted by Gasteiger charge is -2.24. The lowest BCUT2D eigenvalue weighted by Crippen LogP contribution is -2.42. The summed E-state index contributed by atoms with van der Waals surface area (Å²) in [6, 6.07) is 9.91. The van der Waals surface area contributed by atoms with Crippen molar-refractivity contribution < 1.29 is 9.47 Å². The molecule has 1 aliphatic rings. The first-order valence-electron chi connectivity index (χ1n) is 7.97. The Labute approximate surface area is 133 Å². The average molecular weight is 305 g/mol. The zero-order valence-corrected chi connectivity index (χ0v) is 13.6. The molecule has 2 rings (SSSR count). The van der Waals surface area contributed by atoms with E-state index < -0.39 is 0 Å². The molecule has 1 aromatic rings. The fraction of sp³-hybridized carbons (Fsp3) is 0.588. The van der Waals surface area contributed by atoms with E-state index in [2.05, 4.69) is 22.3 Å². The van der Waals surface area contributed by atoms with Gasteiger partial charge in [-0.1, -0.05) is 18.2 Å². The van der Waals surface area contributed by atoms with Crippen molar-refractivity contribution >= 4 is 5.96 Å². The zero-order valence-electron chi connectivity index (χ0n) is 13.6. The molecule has 0 radical (unpaired) electrons. The van der Waals surface area contributed by atoms with Gasteiger partial charge in [-0.3, -0.25) is 4.99 Å². The van der Waals surface area contributed by atoms with E-state index in [-0.39, 0.29) is 0 Å². The monoisotopic (exact) mass is 305 g/mol. The molecule has 1 atom stereocenters. The second kappa shape index (κ2) is 9.30. The molecule has 1 saturated heterocycles. The molecule has 1 aliphatic heterocycles. The van der Waals surface area contributed by atoms with Gasteiger partial charge in [0.15, 0.2) is 5.96 Å². The highest BCUT2D eigenvalue weighted by Gasteiger charge is 2.18. The van der Waals surface area contributed by atoms with Crippen LogP contribution in [0.25, 0.3) is 0 Å². The molecule has 0 saturated carbocycles. The van der Waals surface area contributed by atoms with Gasteiger partial charge in [-0.2, -0.15) is 0 Å². The fourth-order valence-corrected chi connectivity index (χ4v) is 2.56. The minimum Gasteiger partial charge on any atom is -0.494 e. The number of ether oxygens (including phenoxy) is 2. The number of benzene rings is 1. The smallest absolute Gasteiger partial charge is 0.193 e. The van der Waals surface area contributed by atoms with Crippen molar-refractivity contribution in [1.29, 1.82) is 0 Å². The Morgan fingerprint density at radius 3 is 2.91 bits per heavy atom. The van der Waals surface area contributed by atoms with Gasteiger partial charge in [-0.25, -0.2) is 0 Å². The van der Waals surface area contributed by atoms with E-state index in [4.69, 9.17) is 9.47 Å². The van der Waals surface area contributed by atoms with E-state index in [1.165, 1.54) is 0 Å². The van der Waals surface area contributed by atoms with Crippen LogP contribution in [0.4, 0.5) is 0 Å². The first kappa shape index (κ1) is 16.6. The Morgan fingerprint density at radius 1 is 1.41 bits per heavy atom. The van der Waals surface area contributed by atoms with E-state index in [1.54, 1.807) is 0 Å². The molecule has 1 fully saturated rings. The predicted molar refractivity (Wildman–Crippen MR) is 89.5 cm³/mol. The molecule has 0 amide bonds. The number of nitrogens with one attached hydrogen (secondary N) is 1. The van der Waals surface area contributed by atoms with Crippen molar-refractivity contribution in [2.45, 2.75) is 12.8 Å². The maximum atomic E-state index is 5.68. The second-order valence-corrected chi connectivity index (χ2v) is 5.60. The van der Waals surface area contributed by atoms with E-state index in [1.807, 2.05) is 37.4 Å². The number of rotatable bonds is 7. The highest BCUT2D eigenvalue weighted by molar-refractivity contribution is 5.79. The number of aliphatic imine (C=N–C) groups is 1. The van der Waals surface area contributed by atoms with E-state index in [0.29, 0.717) is 12.5 Å². The molecule has 5 heteroatoms. The summed E-state index contributed by atoms with van der Waals surface area (Å²) in [4.78, 5) is 6.51. The Hall–Kier alpha value is -1.75. The molecule has 0 spiro atoms. The topological polar surface area (TPSA) is 46.1 Å². The van der Waals surface area contributed by atoms with Crippen molar-refractivity contribution in [3.63, 3.8) is 0 Å². The maximum absolute atomic E-state index is 5.68. The molecule has 0 aromatic heterocycles. The normalized spacial score (nSPS) is 18.3. The average Bonchev–Trinajstić information content (AvgIpc) is 3.04. The Morgan fingerprint density at radius 2 is 2.23 bits per heavy atom. The van der Waals surface area contributed by atoms with Gasteiger partial charge in [-0.05, 0) is 25.0 Å². The van der Waals surface area contributed by atoms with Gasteiger partial charge in [0.1, 0.15) is 5.75 Å². The van der Waals surface area contributed by atoms with Crippen LogP contribution in [0.3, 0.4) is 0 Å². The number of para-hydroxylation sites is 1. The summed E-state index contributed by atoms with van der Waals surface area (Å²) in [5, 5.41) is 3.38. The zero-order chi connectivity index (χ0) is 15.6. The lowest BCUT2D eigenvalue weighted by atomic mass is 10.1. The van der Waals surface area contributed by atoms with Crippen LogP contribution in [-0.2, 0) is 4.74 Å². The quantitative estimate of drug-likeness (QED) is 0.475. The van der Waals surface area contributed by atoms with Crippen LogP contribution in [0.5, 0.6) is 5.75 Å². The van der Waals surface area contributed by atoms with Crippen molar-refractivity contribution in [1.82, 2.24) is 10.2 Å². The van der Waals surface area contributed by atoms with Crippen LogP contribution >= 0.6 is 0 Å².